The smallest absolute Gasteiger partial charge is 0.119 e. The Hall–Kier alpha value is -0.930. The van der Waals surface area contributed by atoms with Crippen molar-refractivity contribution in [1.82, 2.24) is 5.32 Å². The van der Waals surface area contributed by atoms with Crippen LogP contribution in [0.2, 0.25) is 15.1 Å². The number of ether oxygens (including phenoxy) is 1. The molecule has 0 aliphatic carbocycles. The van der Waals surface area contributed by atoms with Gasteiger partial charge in [-0.05, 0) is 30.7 Å². The lowest BCUT2D eigenvalue weighted by molar-refractivity contribution is 0.307. The molecule has 0 saturated heterocycles. The zero-order valence-corrected chi connectivity index (χ0v) is 13.8. The van der Waals surface area contributed by atoms with Gasteiger partial charge in [-0.15, -0.1) is 0 Å². The molecular weight excluding hydrogens is 329 g/mol. The van der Waals surface area contributed by atoms with Crippen LogP contribution in [0.1, 0.15) is 18.5 Å². The van der Waals surface area contributed by atoms with E-state index < -0.39 is 0 Å². The van der Waals surface area contributed by atoms with Gasteiger partial charge >= 0.3 is 0 Å². The average molecular weight is 345 g/mol. The SMILES string of the molecule is CC(NCCOc1ccccc1)c1ccc(Cl)c(Cl)c1Cl. The molecule has 0 saturated carbocycles. The topological polar surface area (TPSA) is 21.3 Å². The fraction of sp³-hybridized carbons (Fsp3) is 0.250. The summed E-state index contributed by atoms with van der Waals surface area (Å²) in [5.41, 5.74) is 0.922. The van der Waals surface area contributed by atoms with Gasteiger partial charge in [-0.3, -0.25) is 0 Å². The molecule has 1 unspecified atom stereocenters. The summed E-state index contributed by atoms with van der Waals surface area (Å²) >= 11 is 18.2. The van der Waals surface area contributed by atoms with Crippen molar-refractivity contribution in [2.24, 2.45) is 0 Å². The summed E-state index contributed by atoms with van der Waals surface area (Å²) in [5.74, 6) is 0.861. The van der Waals surface area contributed by atoms with Gasteiger partial charge in [0.2, 0.25) is 0 Å². The molecule has 0 fully saturated rings. The van der Waals surface area contributed by atoms with Crippen molar-refractivity contribution < 1.29 is 4.74 Å². The minimum atomic E-state index is 0.0617. The zero-order chi connectivity index (χ0) is 15.2. The minimum Gasteiger partial charge on any atom is -0.492 e. The molecular formula is C16H16Cl3NO. The van der Waals surface area contributed by atoms with Crippen LogP contribution in [0.4, 0.5) is 0 Å². The van der Waals surface area contributed by atoms with Gasteiger partial charge in [-0.1, -0.05) is 59.1 Å². The summed E-state index contributed by atoms with van der Waals surface area (Å²) in [7, 11) is 0. The first kappa shape index (κ1) is 16.4. The number of hydrogen-bond acceptors (Lipinski definition) is 2. The van der Waals surface area contributed by atoms with Crippen molar-refractivity contribution in [3.05, 3.63) is 63.1 Å². The Balaban J connectivity index is 1.85. The summed E-state index contributed by atoms with van der Waals surface area (Å²) in [5, 5.41) is 4.70. The molecule has 1 atom stereocenters. The second-order valence-corrected chi connectivity index (χ2v) is 5.77. The highest BCUT2D eigenvalue weighted by molar-refractivity contribution is 6.48. The van der Waals surface area contributed by atoms with Crippen molar-refractivity contribution >= 4 is 34.8 Å². The van der Waals surface area contributed by atoms with Gasteiger partial charge in [0, 0.05) is 12.6 Å². The lowest BCUT2D eigenvalue weighted by Crippen LogP contribution is -2.24. The maximum Gasteiger partial charge on any atom is 0.119 e. The van der Waals surface area contributed by atoms with Crippen molar-refractivity contribution in [3.8, 4) is 5.75 Å². The third-order valence-electron chi connectivity index (χ3n) is 3.10. The van der Waals surface area contributed by atoms with Gasteiger partial charge in [0.15, 0.2) is 0 Å². The van der Waals surface area contributed by atoms with Gasteiger partial charge in [0.1, 0.15) is 12.4 Å². The van der Waals surface area contributed by atoms with E-state index in [0.717, 1.165) is 11.3 Å². The fourth-order valence-corrected chi connectivity index (χ4v) is 2.65. The largest absolute Gasteiger partial charge is 0.492 e. The summed E-state index contributed by atoms with van der Waals surface area (Å²) < 4.78 is 5.62. The molecule has 0 aliphatic heterocycles. The number of halogens is 3. The van der Waals surface area contributed by atoms with Crippen LogP contribution in [-0.4, -0.2) is 13.2 Å². The second kappa shape index (κ2) is 7.90. The van der Waals surface area contributed by atoms with Crippen LogP contribution in [0.25, 0.3) is 0 Å². The van der Waals surface area contributed by atoms with Gasteiger partial charge in [0.25, 0.3) is 0 Å². The molecule has 21 heavy (non-hydrogen) atoms. The van der Waals surface area contributed by atoms with Gasteiger partial charge in [-0.25, -0.2) is 0 Å². The Morgan fingerprint density at radius 2 is 1.71 bits per heavy atom. The van der Waals surface area contributed by atoms with Gasteiger partial charge < -0.3 is 10.1 Å². The van der Waals surface area contributed by atoms with E-state index in [-0.39, 0.29) is 6.04 Å². The normalized spacial score (nSPS) is 12.2. The molecule has 0 aliphatic rings. The summed E-state index contributed by atoms with van der Waals surface area (Å²) in [6.07, 6.45) is 0. The Bertz CT molecular complexity index is 590. The van der Waals surface area contributed by atoms with Crippen molar-refractivity contribution in [2.75, 3.05) is 13.2 Å². The predicted molar refractivity (Wildman–Crippen MR) is 89.8 cm³/mol. The van der Waals surface area contributed by atoms with Crippen LogP contribution < -0.4 is 10.1 Å². The number of hydrogen-bond donors (Lipinski definition) is 1. The summed E-state index contributed by atoms with van der Waals surface area (Å²) in [6.45, 7) is 3.30. The maximum atomic E-state index is 6.21. The minimum absolute atomic E-state index is 0.0617. The molecule has 1 N–H and O–H groups in total. The standard InChI is InChI=1S/C16H16Cl3NO/c1-11(13-7-8-14(17)16(19)15(13)18)20-9-10-21-12-5-3-2-4-6-12/h2-8,11,20H,9-10H2,1H3. The van der Waals surface area contributed by atoms with E-state index in [1.807, 2.05) is 43.3 Å². The second-order valence-electron chi connectivity index (χ2n) is 4.60. The maximum absolute atomic E-state index is 6.21. The van der Waals surface area contributed by atoms with E-state index in [4.69, 9.17) is 39.5 Å². The molecule has 0 heterocycles. The lowest BCUT2D eigenvalue weighted by Gasteiger charge is -2.17. The van der Waals surface area contributed by atoms with E-state index in [0.29, 0.717) is 28.2 Å². The Labute approximate surface area is 140 Å². The zero-order valence-electron chi connectivity index (χ0n) is 11.6. The van der Waals surface area contributed by atoms with Gasteiger partial charge in [-0.2, -0.15) is 0 Å². The third kappa shape index (κ3) is 4.52. The van der Waals surface area contributed by atoms with Crippen molar-refractivity contribution in [2.45, 2.75) is 13.0 Å². The number of benzene rings is 2. The molecule has 2 rings (SSSR count). The Morgan fingerprint density at radius 1 is 1.00 bits per heavy atom. The summed E-state index contributed by atoms with van der Waals surface area (Å²) in [6, 6.07) is 13.4. The molecule has 0 radical (unpaired) electrons. The monoisotopic (exact) mass is 343 g/mol. The van der Waals surface area contributed by atoms with E-state index in [2.05, 4.69) is 5.32 Å². The molecule has 2 nitrogen and oxygen atoms in total. The van der Waals surface area contributed by atoms with Crippen LogP contribution in [0.5, 0.6) is 5.75 Å². The number of rotatable bonds is 6. The molecule has 5 heteroatoms. The fourth-order valence-electron chi connectivity index (χ4n) is 1.95. The molecule has 0 spiro atoms. The summed E-state index contributed by atoms with van der Waals surface area (Å²) in [4.78, 5) is 0. The van der Waals surface area contributed by atoms with E-state index in [1.165, 1.54) is 0 Å². The van der Waals surface area contributed by atoms with E-state index in [9.17, 15) is 0 Å². The van der Waals surface area contributed by atoms with Crippen LogP contribution in [0.3, 0.4) is 0 Å². The van der Waals surface area contributed by atoms with Crippen LogP contribution in [-0.2, 0) is 0 Å². The first-order valence-electron chi connectivity index (χ1n) is 6.64. The first-order valence-corrected chi connectivity index (χ1v) is 7.77. The third-order valence-corrected chi connectivity index (χ3v) is 4.40. The number of nitrogens with one attached hydrogen (secondary N) is 1. The van der Waals surface area contributed by atoms with E-state index in [1.54, 1.807) is 6.07 Å². The molecule has 0 bridgehead atoms. The Morgan fingerprint density at radius 3 is 2.43 bits per heavy atom. The molecule has 0 aromatic heterocycles. The predicted octanol–water partition coefficient (Wildman–Crippen LogP) is 5.38. The van der Waals surface area contributed by atoms with E-state index >= 15 is 0 Å². The quantitative estimate of drug-likeness (QED) is 0.561. The average Bonchev–Trinajstić information content (AvgIpc) is 2.50. The molecule has 112 valence electrons. The molecule has 0 amide bonds. The highest BCUT2D eigenvalue weighted by Crippen LogP contribution is 2.35. The van der Waals surface area contributed by atoms with Crippen molar-refractivity contribution in [3.63, 3.8) is 0 Å². The highest BCUT2D eigenvalue weighted by atomic mass is 35.5. The number of para-hydroxylation sites is 1. The Kier molecular flexibility index (Phi) is 6.19. The molecule has 2 aromatic rings. The van der Waals surface area contributed by atoms with Gasteiger partial charge in [0.05, 0.1) is 15.1 Å². The lowest BCUT2D eigenvalue weighted by atomic mass is 10.1. The highest BCUT2D eigenvalue weighted by Gasteiger charge is 2.13. The van der Waals surface area contributed by atoms with Crippen LogP contribution in [0.15, 0.2) is 42.5 Å². The van der Waals surface area contributed by atoms with Crippen LogP contribution in [0, 0.1) is 0 Å². The first-order chi connectivity index (χ1) is 10.1. The van der Waals surface area contributed by atoms with Crippen LogP contribution >= 0.6 is 34.8 Å². The molecule has 2 aromatic carbocycles. The van der Waals surface area contributed by atoms with Crippen molar-refractivity contribution in [1.29, 1.82) is 0 Å².